The smallest absolute Gasteiger partial charge is 0.248 e. The third kappa shape index (κ3) is 2.13. The van der Waals surface area contributed by atoms with Crippen molar-refractivity contribution in [1.29, 1.82) is 0 Å². The van der Waals surface area contributed by atoms with Crippen molar-refractivity contribution in [3.63, 3.8) is 0 Å². The van der Waals surface area contributed by atoms with E-state index in [1.165, 1.54) is 5.56 Å². The first-order chi connectivity index (χ1) is 9.27. The largest absolute Gasteiger partial charge is 0.316 e. The standard InChI is InChI=1S/C16H16N2O/c17-15(13-7-2-1-3-8-13)16(19)18-11-10-12-6-4-5-9-14(12)18/h1-9,15H,10-11,17H2/t15-/m0/s1. The molecule has 3 nitrogen and oxygen atoms in total. The van der Waals surface area contributed by atoms with Gasteiger partial charge in [-0.05, 0) is 23.6 Å². The molecule has 0 radical (unpaired) electrons. The first kappa shape index (κ1) is 11.9. The topological polar surface area (TPSA) is 46.3 Å². The summed E-state index contributed by atoms with van der Waals surface area (Å²) in [5, 5.41) is 0. The van der Waals surface area contributed by atoms with E-state index in [1.54, 1.807) is 4.90 Å². The third-order valence-electron chi connectivity index (χ3n) is 3.58. The zero-order valence-corrected chi connectivity index (χ0v) is 10.6. The van der Waals surface area contributed by atoms with E-state index in [9.17, 15) is 4.79 Å². The maximum absolute atomic E-state index is 12.5. The van der Waals surface area contributed by atoms with Gasteiger partial charge in [-0.1, -0.05) is 48.5 Å². The van der Waals surface area contributed by atoms with Crippen molar-refractivity contribution in [3.05, 3.63) is 65.7 Å². The summed E-state index contributed by atoms with van der Waals surface area (Å²) in [5.74, 6) is -0.0313. The molecule has 3 rings (SSSR count). The van der Waals surface area contributed by atoms with Crippen molar-refractivity contribution in [3.8, 4) is 0 Å². The molecule has 19 heavy (non-hydrogen) atoms. The van der Waals surface area contributed by atoms with Crippen LogP contribution in [0.2, 0.25) is 0 Å². The number of para-hydroxylation sites is 1. The fourth-order valence-corrected chi connectivity index (χ4v) is 2.54. The van der Waals surface area contributed by atoms with E-state index in [0.29, 0.717) is 0 Å². The molecule has 0 fully saturated rings. The maximum atomic E-state index is 12.5. The molecular weight excluding hydrogens is 236 g/mol. The van der Waals surface area contributed by atoms with Crippen LogP contribution in [0.4, 0.5) is 5.69 Å². The Bertz CT molecular complexity index is 595. The van der Waals surface area contributed by atoms with Gasteiger partial charge in [0.2, 0.25) is 5.91 Å². The molecule has 96 valence electrons. The van der Waals surface area contributed by atoms with Crippen LogP contribution in [-0.4, -0.2) is 12.5 Å². The molecular formula is C16H16N2O. The van der Waals surface area contributed by atoms with Crippen LogP contribution < -0.4 is 10.6 Å². The molecule has 2 aromatic carbocycles. The number of hydrogen-bond acceptors (Lipinski definition) is 2. The number of anilines is 1. The van der Waals surface area contributed by atoms with E-state index in [2.05, 4.69) is 6.07 Å². The first-order valence-electron chi connectivity index (χ1n) is 6.47. The van der Waals surface area contributed by atoms with Gasteiger partial charge in [-0.25, -0.2) is 0 Å². The predicted molar refractivity (Wildman–Crippen MR) is 75.9 cm³/mol. The molecule has 1 amide bonds. The molecule has 1 aliphatic rings. The highest BCUT2D eigenvalue weighted by Gasteiger charge is 2.28. The van der Waals surface area contributed by atoms with Crippen molar-refractivity contribution in [2.24, 2.45) is 5.73 Å². The molecule has 0 aliphatic carbocycles. The van der Waals surface area contributed by atoms with E-state index in [0.717, 1.165) is 24.2 Å². The second kappa shape index (κ2) is 4.86. The summed E-state index contributed by atoms with van der Waals surface area (Å²) in [6.07, 6.45) is 0.906. The molecule has 0 unspecified atom stereocenters. The number of nitrogens with two attached hydrogens (primary N) is 1. The van der Waals surface area contributed by atoms with Crippen LogP contribution >= 0.6 is 0 Å². The molecule has 1 atom stereocenters. The van der Waals surface area contributed by atoms with Crippen LogP contribution in [-0.2, 0) is 11.2 Å². The minimum absolute atomic E-state index is 0.0313. The second-order valence-corrected chi connectivity index (χ2v) is 4.76. The number of rotatable bonds is 2. The Labute approximate surface area is 112 Å². The van der Waals surface area contributed by atoms with Crippen molar-refractivity contribution < 1.29 is 4.79 Å². The number of nitrogens with zero attached hydrogens (tertiary/aromatic N) is 1. The van der Waals surface area contributed by atoms with Gasteiger partial charge in [-0.15, -0.1) is 0 Å². The Morgan fingerprint density at radius 3 is 2.53 bits per heavy atom. The van der Waals surface area contributed by atoms with Crippen LogP contribution in [0.5, 0.6) is 0 Å². The first-order valence-corrected chi connectivity index (χ1v) is 6.47. The molecule has 0 spiro atoms. The van der Waals surface area contributed by atoms with Crippen molar-refractivity contribution in [1.82, 2.24) is 0 Å². The van der Waals surface area contributed by atoms with Crippen LogP contribution in [0.25, 0.3) is 0 Å². The second-order valence-electron chi connectivity index (χ2n) is 4.76. The predicted octanol–water partition coefficient (Wildman–Crippen LogP) is 2.28. The molecule has 0 aromatic heterocycles. The zero-order valence-electron chi connectivity index (χ0n) is 10.6. The molecule has 1 heterocycles. The molecule has 1 aliphatic heterocycles. The highest BCUT2D eigenvalue weighted by Crippen LogP contribution is 2.29. The van der Waals surface area contributed by atoms with Crippen LogP contribution in [0.1, 0.15) is 17.2 Å². The van der Waals surface area contributed by atoms with E-state index >= 15 is 0 Å². The van der Waals surface area contributed by atoms with Gasteiger partial charge in [0, 0.05) is 12.2 Å². The van der Waals surface area contributed by atoms with E-state index in [4.69, 9.17) is 5.73 Å². The number of fused-ring (bicyclic) bond motifs is 1. The van der Waals surface area contributed by atoms with Gasteiger partial charge in [-0.3, -0.25) is 4.79 Å². The SMILES string of the molecule is N[C@H](C(=O)N1CCc2ccccc21)c1ccccc1. The van der Waals surface area contributed by atoms with Crippen molar-refractivity contribution in [2.45, 2.75) is 12.5 Å². The Kier molecular flexibility index (Phi) is 3.05. The average Bonchev–Trinajstić information content (AvgIpc) is 2.90. The summed E-state index contributed by atoms with van der Waals surface area (Å²) in [5.41, 5.74) is 9.16. The van der Waals surface area contributed by atoms with Crippen LogP contribution in [0.3, 0.4) is 0 Å². The highest BCUT2D eigenvalue weighted by atomic mass is 16.2. The number of hydrogen-bond donors (Lipinski definition) is 1. The lowest BCUT2D eigenvalue weighted by atomic mass is 10.1. The minimum Gasteiger partial charge on any atom is -0.316 e. The van der Waals surface area contributed by atoms with E-state index in [-0.39, 0.29) is 5.91 Å². The molecule has 0 saturated heterocycles. The zero-order chi connectivity index (χ0) is 13.2. The fourth-order valence-electron chi connectivity index (χ4n) is 2.54. The summed E-state index contributed by atoms with van der Waals surface area (Å²) in [4.78, 5) is 14.3. The summed E-state index contributed by atoms with van der Waals surface area (Å²) >= 11 is 0. The Morgan fingerprint density at radius 2 is 1.74 bits per heavy atom. The Balaban J connectivity index is 1.86. The number of benzene rings is 2. The Hall–Kier alpha value is -2.13. The Morgan fingerprint density at radius 1 is 1.05 bits per heavy atom. The van der Waals surface area contributed by atoms with Crippen LogP contribution in [0.15, 0.2) is 54.6 Å². The maximum Gasteiger partial charge on any atom is 0.248 e. The average molecular weight is 252 g/mol. The van der Waals surface area contributed by atoms with Gasteiger partial charge in [0.25, 0.3) is 0 Å². The quantitative estimate of drug-likeness (QED) is 0.891. The van der Waals surface area contributed by atoms with Crippen molar-refractivity contribution >= 4 is 11.6 Å². The normalized spacial score (nSPS) is 15.1. The minimum atomic E-state index is -0.590. The van der Waals surface area contributed by atoms with Gasteiger partial charge in [0.15, 0.2) is 0 Å². The lowest BCUT2D eigenvalue weighted by Gasteiger charge is -2.21. The summed E-state index contributed by atoms with van der Waals surface area (Å²) in [6, 6.07) is 16.9. The van der Waals surface area contributed by atoms with E-state index in [1.807, 2.05) is 48.5 Å². The van der Waals surface area contributed by atoms with Crippen LogP contribution in [0, 0.1) is 0 Å². The fraction of sp³-hybridized carbons (Fsp3) is 0.188. The van der Waals surface area contributed by atoms with Gasteiger partial charge >= 0.3 is 0 Å². The van der Waals surface area contributed by atoms with Gasteiger partial charge in [0.1, 0.15) is 6.04 Å². The van der Waals surface area contributed by atoms with Gasteiger partial charge < -0.3 is 10.6 Å². The third-order valence-corrected chi connectivity index (χ3v) is 3.58. The molecule has 2 aromatic rings. The highest BCUT2D eigenvalue weighted by molar-refractivity contribution is 5.99. The monoisotopic (exact) mass is 252 g/mol. The van der Waals surface area contributed by atoms with Gasteiger partial charge in [-0.2, -0.15) is 0 Å². The number of amides is 1. The summed E-state index contributed by atoms with van der Waals surface area (Å²) < 4.78 is 0. The summed E-state index contributed by atoms with van der Waals surface area (Å²) in [7, 11) is 0. The van der Waals surface area contributed by atoms with Crippen molar-refractivity contribution in [2.75, 3.05) is 11.4 Å². The number of carbonyl (C=O) groups is 1. The molecule has 3 heteroatoms. The lowest BCUT2D eigenvalue weighted by Crippen LogP contribution is -2.37. The van der Waals surface area contributed by atoms with Gasteiger partial charge in [0.05, 0.1) is 0 Å². The van der Waals surface area contributed by atoms with E-state index < -0.39 is 6.04 Å². The molecule has 0 saturated carbocycles. The summed E-state index contributed by atoms with van der Waals surface area (Å²) in [6.45, 7) is 0.721. The molecule has 2 N–H and O–H groups in total. The molecule has 0 bridgehead atoms. The lowest BCUT2D eigenvalue weighted by molar-refractivity contribution is -0.119. The number of carbonyl (C=O) groups excluding carboxylic acids is 1.